The highest BCUT2D eigenvalue weighted by molar-refractivity contribution is 6.10. The van der Waals surface area contributed by atoms with Crippen LogP contribution >= 0.6 is 0 Å². The molecule has 0 aromatic heterocycles. The molecule has 0 saturated heterocycles. The Morgan fingerprint density at radius 1 is 1.71 bits per heavy atom. The second kappa shape index (κ2) is 3.05. The average Bonchev–Trinajstić information content (AvgIpc) is 1.27. The van der Waals surface area contributed by atoms with Crippen LogP contribution in [0.1, 0.15) is 0 Å². The maximum atomic E-state index is 8.68. The van der Waals surface area contributed by atoms with E-state index in [4.69, 9.17) is 5.11 Å². The van der Waals surface area contributed by atoms with Crippen molar-refractivity contribution in [3.63, 3.8) is 0 Å². The fourth-order valence-electron chi connectivity index (χ4n) is 0.528. The van der Waals surface area contributed by atoms with E-state index in [1.807, 2.05) is 19.0 Å². The minimum Gasteiger partial charge on any atom is -0.401 e. The third-order valence-electron chi connectivity index (χ3n) is 0.629. The van der Waals surface area contributed by atoms with Gasteiger partial charge in [-0.25, -0.2) is 0 Å². The standard InChI is InChI=1S/C4H12BNO/c1-6(2)3-4(5)7/h4,7H,3,5H2,1-2H3. The molecule has 0 aromatic rings. The molecule has 2 nitrogen and oxygen atoms in total. The molecule has 0 rings (SSSR count). The SMILES string of the molecule is BC(O)CN(C)C. The third kappa shape index (κ3) is 5.98. The summed E-state index contributed by atoms with van der Waals surface area (Å²) in [5, 5.41) is 8.68. The van der Waals surface area contributed by atoms with Crippen LogP contribution in [0.5, 0.6) is 0 Å². The molecule has 0 heterocycles. The Kier molecular flexibility index (Phi) is 3.04. The zero-order chi connectivity index (χ0) is 5.86. The average molecular weight is 101 g/mol. The lowest BCUT2D eigenvalue weighted by Gasteiger charge is -2.10. The Labute approximate surface area is 45.5 Å². The highest BCUT2D eigenvalue weighted by atomic mass is 16.3. The number of rotatable bonds is 2. The van der Waals surface area contributed by atoms with E-state index in [1.165, 1.54) is 0 Å². The van der Waals surface area contributed by atoms with Gasteiger partial charge < -0.3 is 10.0 Å². The fourth-order valence-corrected chi connectivity index (χ4v) is 0.528. The molecule has 1 unspecified atom stereocenters. The van der Waals surface area contributed by atoms with E-state index in [2.05, 4.69) is 0 Å². The predicted molar refractivity (Wildman–Crippen MR) is 33.1 cm³/mol. The third-order valence-corrected chi connectivity index (χ3v) is 0.629. The number of hydrogen-bond acceptors (Lipinski definition) is 2. The molecule has 3 heteroatoms. The van der Waals surface area contributed by atoms with Gasteiger partial charge in [0.15, 0.2) is 0 Å². The van der Waals surface area contributed by atoms with E-state index >= 15 is 0 Å². The quantitative estimate of drug-likeness (QED) is 0.428. The lowest BCUT2D eigenvalue weighted by Crippen LogP contribution is -2.25. The molecule has 0 aliphatic heterocycles. The normalized spacial score (nSPS) is 14.9. The summed E-state index contributed by atoms with van der Waals surface area (Å²) in [6.45, 7) is 0.750. The Hall–Kier alpha value is -0.0151. The molecular formula is C4H12BNO. The molecule has 0 saturated carbocycles. The van der Waals surface area contributed by atoms with E-state index in [1.54, 1.807) is 7.85 Å². The monoisotopic (exact) mass is 101 g/mol. The van der Waals surface area contributed by atoms with Crippen LogP contribution in [0.4, 0.5) is 0 Å². The van der Waals surface area contributed by atoms with Crippen molar-refractivity contribution in [3.8, 4) is 0 Å². The minimum absolute atomic E-state index is 0.199. The highest BCUT2D eigenvalue weighted by Crippen LogP contribution is 1.76. The summed E-state index contributed by atoms with van der Waals surface area (Å²) < 4.78 is 0. The van der Waals surface area contributed by atoms with E-state index in [9.17, 15) is 0 Å². The van der Waals surface area contributed by atoms with Crippen LogP contribution in [0.2, 0.25) is 0 Å². The van der Waals surface area contributed by atoms with Crippen molar-refractivity contribution in [2.24, 2.45) is 0 Å². The van der Waals surface area contributed by atoms with E-state index < -0.39 is 0 Å². The van der Waals surface area contributed by atoms with Crippen LogP contribution in [0, 0.1) is 0 Å². The van der Waals surface area contributed by atoms with Crippen LogP contribution in [0.25, 0.3) is 0 Å². The van der Waals surface area contributed by atoms with E-state index in [0.29, 0.717) is 0 Å². The zero-order valence-corrected chi connectivity index (χ0v) is 5.18. The van der Waals surface area contributed by atoms with Gasteiger partial charge in [0.05, 0.1) is 0 Å². The van der Waals surface area contributed by atoms with Gasteiger partial charge in [-0.15, -0.1) is 0 Å². The maximum Gasteiger partial charge on any atom is 0.140 e. The van der Waals surface area contributed by atoms with Crippen molar-refractivity contribution in [3.05, 3.63) is 0 Å². The van der Waals surface area contributed by atoms with Crippen LogP contribution < -0.4 is 0 Å². The molecule has 0 aliphatic carbocycles. The number of aliphatic hydroxyl groups excluding tert-OH is 1. The van der Waals surface area contributed by atoms with Crippen LogP contribution in [-0.2, 0) is 0 Å². The predicted octanol–water partition coefficient (Wildman–Crippen LogP) is -1.50. The summed E-state index contributed by atoms with van der Waals surface area (Å²) in [5.41, 5.74) is 0. The molecule has 0 amide bonds. The molecule has 0 spiro atoms. The first-order valence-electron chi connectivity index (χ1n) is 2.45. The molecule has 0 aliphatic rings. The summed E-state index contributed by atoms with van der Waals surface area (Å²) in [6, 6.07) is -0.199. The summed E-state index contributed by atoms with van der Waals surface area (Å²) in [4.78, 5) is 1.95. The second-order valence-corrected chi connectivity index (χ2v) is 2.11. The van der Waals surface area contributed by atoms with Gasteiger partial charge in [-0.05, 0) is 14.1 Å². The minimum atomic E-state index is -0.199. The molecule has 0 aromatic carbocycles. The topological polar surface area (TPSA) is 23.5 Å². The lowest BCUT2D eigenvalue weighted by atomic mass is 10.0. The van der Waals surface area contributed by atoms with Gasteiger partial charge in [0.2, 0.25) is 0 Å². The van der Waals surface area contributed by atoms with Gasteiger partial charge in [0.25, 0.3) is 0 Å². The summed E-state index contributed by atoms with van der Waals surface area (Å²) in [5.74, 6) is 0. The van der Waals surface area contributed by atoms with Crippen molar-refractivity contribution >= 4 is 7.85 Å². The number of nitrogens with zero attached hydrogens (tertiary/aromatic N) is 1. The van der Waals surface area contributed by atoms with Crippen LogP contribution in [-0.4, -0.2) is 44.5 Å². The molecule has 0 bridgehead atoms. The molecule has 7 heavy (non-hydrogen) atoms. The van der Waals surface area contributed by atoms with Gasteiger partial charge >= 0.3 is 0 Å². The number of aliphatic hydroxyl groups is 1. The highest BCUT2D eigenvalue weighted by Gasteiger charge is 1.94. The van der Waals surface area contributed by atoms with Gasteiger partial charge in [-0.1, -0.05) is 0 Å². The largest absolute Gasteiger partial charge is 0.401 e. The Morgan fingerprint density at radius 2 is 2.14 bits per heavy atom. The van der Waals surface area contributed by atoms with Crippen molar-refractivity contribution in [1.29, 1.82) is 0 Å². The first-order valence-corrected chi connectivity index (χ1v) is 2.45. The van der Waals surface area contributed by atoms with Crippen molar-refractivity contribution in [2.75, 3.05) is 20.6 Å². The zero-order valence-electron chi connectivity index (χ0n) is 5.18. The maximum absolute atomic E-state index is 8.68. The summed E-state index contributed by atoms with van der Waals surface area (Å²) in [7, 11) is 5.65. The van der Waals surface area contributed by atoms with Gasteiger partial charge in [-0.3, -0.25) is 0 Å². The van der Waals surface area contributed by atoms with E-state index in [-0.39, 0.29) is 6.00 Å². The number of hydrogen-bond donors (Lipinski definition) is 1. The van der Waals surface area contributed by atoms with Crippen molar-refractivity contribution < 1.29 is 5.11 Å². The smallest absolute Gasteiger partial charge is 0.140 e. The van der Waals surface area contributed by atoms with Gasteiger partial charge in [0, 0.05) is 12.5 Å². The molecule has 0 radical (unpaired) electrons. The Morgan fingerprint density at radius 3 is 2.14 bits per heavy atom. The molecule has 0 fully saturated rings. The van der Waals surface area contributed by atoms with E-state index in [0.717, 1.165) is 6.54 Å². The number of likely N-dealkylation sites (N-methyl/N-ethyl adjacent to an activating group) is 1. The summed E-state index contributed by atoms with van der Waals surface area (Å²) >= 11 is 0. The van der Waals surface area contributed by atoms with Gasteiger partial charge in [0.1, 0.15) is 7.85 Å². The first-order chi connectivity index (χ1) is 3.13. The molecule has 1 atom stereocenters. The second-order valence-electron chi connectivity index (χ2n) is 2.11. The van der Waals surface area contributed by atoms with Crippen molar-refractivity contribution in [1.82, 2.24) is 4.90 Å². The summed E-state index contributed by atoms with van der Waals surface area (Å²) in [6.07, 6.45) is 0. The molecule has 1 N–H and O–H groups in total. The molecular weight excluding hydrogens is 88.9 g/mol. The Bertz CT molecular complexity index is 41.0. The Balaban J connectivity index is 2.95. The van der Waals surface area contributed by atoms with Crippen molar-refractivity contribution in [2.45, 2.75) is 6.00 Å². The van der Waals surface area contributed by atoms with Crippen LogP contribution in [0.3, 0.4) is 0 Å². The first kappa shape index (κ1) is 6.98. The van der Waals surface area contributed by atoms with Crippen LogP contribution in [0.15, 0.2) is 0 Å². The fraction of sp³-hybridized carbons (Fsp3) is 1.00. The van der Waals surface area contributed by atoms with Gasteiger partial charge in [-0.2, -0.15) is 0 Å². The lowest BCUT2D eigenvalue weighted by molar-refractivity contribution is 0.206. The molecule has 42 valence electrons.